The predicted octanol–water partition coefficient (Wildman–Crippen LogP) is 3.90. The van der Waals surface area contributed by atoms with E-state index >= 15 is 0 Å². The van der Waals surface area contributed by atoms with Gasteiger partial charge in [0.05, 0.1) is 11.3 Å². The van der Waals surface area contributed by atoms with Crippen molar-refractivity contribution in [1.29, 1.82) is 0 Å². The van der Waals surface area contributed by atoms with Crippen molar-refractivity contribution >= 4 is 11.7 Å². The van der Waals surface area contributed by atoms with Crippen LogP contribution in [0.25, 0.3) is 0 Å². The Morgan fingerprint density at radius 2 is 2.16 bits per heavy atom. The van der Waals surface area contributed by atoms with Gasteiger partial charge in [0.15, 0.2) is 0 Å². The Labute approximate surface area is 112 Å². The second-order valence-electron chi connectivity index (χ2n) is 5.90. The van der Waals surface area contributed by atoms with Crippen LogP contribution in [0.2, 0.25) is 0 Å². The average molecular weight is 265 g/mol. The first-order valence-electron chi connectivity index (χ1n) is 6.70. The van der Waals surface area contributed by atoms with Gasteiger partial charge in [0.2, 0.25) is 0 Å². The maximum atomic E-state index is 13.9. The van der Waals surface area contributed by atoms with Crippen molar-refractivity contribution in [3.63, 3.8) is 0 Å². The molecule has 1 saturated carbocycles. The molecule has 4 heteroatoms. The summed E-state index contributed by atoms with van der Waals surface area (Å²) in [6.07, 6.45) is 4.29. The first-order chi connectivity index (χ1) is 8.92. The predicted molar refractivity (Wildman–Crippen MR) is 73.0 cm³/mol. The third-order valence-corrected chi connectivity index (χ3v) is 4.07. The van der Waals surface area contributed by atoms with E-state index in [1.165, 1.54) is 24.6 Å². The van der Waals surface area contributed by atoms with Gasteiger partial charge in [-0.25, -0.2) is 9.18 Å². The fraction of sp³-hybridized carbons (Fsp3) is 0.533. The van der Waals surface area contributed by atoms with Gasteiger partial charge in [0, 0.05) is 6.04 Å². The smallest absolute Gasteiger partial charge is 0.337 e. The zero-order valence-electron chi connectivity index (χ0n) is 11.4. The molecular formula is C15H20FNO2. The molecule has 0 radical (unpaired) electrons. The Morgan fingerprint density at radius 3 is 2.79 bits per heavy atom. The summed E-state index contributed by atoms with van der Waals surface area (Å²) in [6, 6.07) is 4.26. The van der Waals surface area contributed by atoms with Crippen LogP contribution in [0.5, 0.6) is 0 Å². The minimum Gasteiger partial charge on any atom is -0.478 e. The number of carbonyl (C=O) groups is 1. The average Bonchev–Trinajstić information content (AvgIpc) is 2.33. The SMILES string of the molecule is CC1(C)CCCCC1Nc1c(F)cccc1C(=O)O. The number of anilines is 1. The standard InChI is InChI=1S/C15H20FNO2/c1-15(2)9-4-3-8-12(15)17-13-10(14(18)19)6-5-7-11(13)16/h5-7,12,17H,3-4,8-9H2,1-2H3,(H,18,19). The molecule has 0 aliphatic heterocycles. The summed E-state index contributed by atoms with van der Waals surface area (Å²) in [4.78, 5) is 11.2. The number of hydrogen-bond donors (Lipinski definition) is 2. The molecule has 2 rings (SSSR count). The van der Waals surface area contributed by atoms with E-state index in [9.17, 15) is 9.18 Å². The van der Waals surface area contributed by atoms with E-state index in [1.54, 1.807) is 0 Å². The van der Waals surface area contributed by atoms with Gasteiger partial charge >= 0.3 is 5.97 Å². The Kier molecular flexibility index (Phi) is 3.78. The van der Waals surface area contributed by atoms with Crippen molar-refractivity contribution in [2.24, 2.45) is 5.41 Å². The van der Waals surface area contributed by atoms with E-state index in [0.717, 1.165) is 19.3 Å². The number of halogens is 1. The van der Waals surface area contributed by atoms with Crippen molar-refractivity contribution in [1.82, 2.24) is 0 Å². The van der Waals surface area contributed by atoms with Crippen LogP contribution in [0.3, 0.4) is 0 Å². The minimum atomic E-state index is -1.10. The maximum absolute atomic E-state index is 13.9. The third kappa shape index (κ3) is 2.88. The lowest BCUT2D eigenvalue weighted by Crippen LogP contribution is -2.39. The van der Waals surface area contributed by atoms with Gasteiger partial charge in [0.25, 0.3) is 0 Å². The van der Waals surface area contributed by atoms with Crippen molar-refractivity contribution in [3.05, 3.63) is 29.6 Å². The second-order valence-corrected chi connectivity index (χ2v) is 5.90. The van der Waals surface area contributed by atoms with Crippen LogP contribution in [-0.4, -0.2) is 17.1 Å². The third-order valence-electron chi connectivity index (χ3n) is 4.07. The molecule has 1 unspecified atom stereocenters. The van der Waals surface area contributed by atoms with Crippen LogP contribution in [-0.2, 0) is 0 Å². The Bertz CT molecular complexity index is 485. The van der Waals surface area contributed by atoms with Gasteiger partial charge in [-0.05, 0) is 30.4 Å². The number of carboxylic acid groups (broad SMARTS) is 1. The topological polar surface area (TPSA) is 49.3 Å². The molecule has 0 spiro atoms. The fourth-order valence-electron chi connectivity index (χ4n) is 2.78. The fourth-order valence-corrected chi connectivity index (χ4v) is 2.78. The molecule has 1 aliphatic rings. The molecule has 104 valence electrons. The number of carboxylic acids is 1. The molecule has 1 aromatic rings. The van der Waals surface area contributed by atoms with E-state index in [4.69, 9.17) is 5.11 Å². The number of hydrogen-bond acceptors (Lipinski definition) is 2. The normalized spacial score (nSPS) is 21.9. The van der Waals surface area contributed by atoms with Crippen LogP contribution < -0.4 is 5.32 Å². The lowest BCUT2D eigenvalue weighted by atomic mass is 9.73. The van der Waals surface area contributed by atoms with E-state index in [1.807, 2.05) is 0 Å². The van der Waals surface area contributed by atoms with Gasteiger partial charge in [-0.2, -0.15) is 0 Å². The first-order valence-corrected chi connectivity index (χ1v) is 6.70. The van der Waals surface area contributed by atoms with Crippen LogP contribution in [0.4, 0.5) is 10.1 Å². The first kappa shape index (κ1) is 13.8. The largest absolute Gasteiger partial charge is 0.478 e. The van der Waals surface area contributed by atoms with Crippen LogP contribution >= 0.6 is 0 Å². The minimum absolute atomic E-state index is 0.00127. The summed E-state index contributed by atoms with van der Waals surface area (Å²) >= 11 is 0. The van der Waals surface area contributed by atoms with E-state index in [0.29, 0.717) is 0 Å². The molecule has 1 fully saturated rings. The molecule has 0 amide bonds. The van der Waals surface area contributed by atoms with Gasteiger partial charge in [0.1, 0.15) is 5.82 Å². The molecule has 3 nitrogen and oxygen atoms in total. The van der Waals surface area contributed by atoms with Crippen LogP contribution in [0, 0.1) is 11.2 Å². The highest BCUT2D eigenvalue weighted by Crippen LogP contribution is 2.38. The van der Waals surface area contributed by atoms with E-state index < -0.39 is 11.8 Å². The molecule has 1 aromatic carbocycles. The second kappa shape index (κ2) is 5.19. The van der Waals surface area contributed by atoms with Crippen molar-refractivity contribution in [2.45, 2.75) is 45.6 Å². The lowest BCUT2D eigenvalue weighted by Gasteiger charge is -2.39. The van der Waals surface area contributed by atoms with Crippen LogP contribution in [0.15, 0.2) is 18.2 Å². The summed E-state index contributed by atoms with van der Waals surface area (Å²) in [5, 5.41) is 12.3. The zero-order valence-corrected chi connectivity index (χ0v) is 11.4. The van der Waals surface area contributed by atoms with Crippen molar-refractivity contribution < 1.29 is 14.3 Å². The monoisotopic (exact) mass is 265 g/mol. The molecule has 2 N–H and O–H groups in total. The summed E-state index contributed by atoms with van der Waals surface area (Å²) in [6.45, 7) is 4.29. The molecule has 1 atom stereocenters. The Balaban J connectivity index is 2.30. The lowest BCUT2D eigenvalue weighted by molar-refractivity contribution is 0.0697. The van der Waals surface area contributed by atoms with Crippen LogP contribution in [0.1, 0.15) is 49.9 Å². The van der Waals surface area contributed by atoms with Crippen molar-refractivity contribution in [2.75, 3.05) is 5.32 Å². The molecule has 0 heterocycles. The quantitative estimate of drug-likeness (QED) is 0.871. The Morgan fingerprint density at radius 1 is 1.42 bits per heavy atom. The highest BCUT2D eigenvalue weighted by Gasteiger charge is 2.33. The number of para-hydroxylation sites is 1. The van der Waals surface area contributed by atoms with E-state index in [-0.39, 0.29) is 22.7 Å². The Hall–Kier alpha value is -1.58. The van der Waals surface area contributed by atoms with Gasteiger partial charge in [-0.3, -0.25) is 0 Å². The van der Waals surface area contributed by atoms with Gasteiger partial charge < -0.3 is 10.4 Å². The number of aromatic carboxylic acids is 1. The summed E-state index contributed by atoms with van der Waals surface area (Å²) in [7, 11) is 0. The number of benzene rings is 1. The molecule has 0 saturated heterocycles. The molecule has 1 aliphatic carbocycles. The molecule has 19 heavy (non-hydrogen) atoms. The summed E-state index contributed by atoms with van der Waals surface area (Å²) in [5.41, 5.74) is 0.174. The van der Waals surface area contributed by atoms with Gasteiger partial charge in [-0.1, -0.05) is 32.8 Å². The summed E-state index contributed by atoms with van der Waals surface area (Å²) in [5.74, 6) is -1.60. The molecule has 0 bridgehead atoms. The van der Waals surface area contributed by atoms with Gasteiger partial charge in [-0.15, -0.1) is 0 Å². The maximum Gasteiger partial charge on any atom is 0.337 e. The highest BCUT2D eigenvalue weighted by molar-refractivity contribution is 5.94. The number of nitrogens with one attached hydrogen (secondary N) is 1. The highest BCUT2D eigenvalue weighted by atomic mass is 19.1. The van der Waals surface area contributed by atoms with E-state index in [2.05, 4.69) is 19.2 Å². The molecule has 0 aromatic heterocycles. The van der Waals surface area contributed by atoms with Crippen molar-refractivity contribution in [3.8, 4) is 0 Å². The zero-order chi connectivity index (χ0) is 14.0. The summed E-state index contributed by atoms with van der Waals surface area (Å²) < 4.78 is 13.9. The molecular weight excluding hydrogens is 245 g/mol. The number of rotatable bonds is 3.